The molecule has 1 fully saturated rings. The smallest absolute Gasteiger partial charge is 0.0860 e. The fourth-order valence-corrected chi connectivity index (χ4v) is 2.26. The highest BCUT2D eigenvalue weighted by atomic mass is 16.5. The number of aliphatic hydroxyl groups excluding tert-OH is 1. The van der Waals surface area contributed by atoms with Crippen molar-refractivity contribution in [2.24, 2.45) is 0 Å². The summed E-state index contributed by atoms with van der Waals surface area (Å²) in [6.45, 7) is 2.96. The van der Waals surface area contributed by atoms with Gasteiger partial charge in [0.2, 0.25) is 0 Å². The molecule has 0 amide bonds. The molecule has 0 bridgehead atoms. The lowest BCUT2D eigenvalue weighted by Gasteiger charge is -2.22. The van der Waals surface area contributed by atoms with Gasteiger partial charge in [0, 0.05) is 25.5 Å². The van der Waals surface area contributed by atoms with Crippen LogP contribution < -0.4 is 5.32 Å². The summed E-state index contributed by atoms with van der Waals surface area (Å²) >= 11 is 0. The molecule has 18 heavy (non-hydrogen) atoms. The monoisotopic (exact) mass is 253 g/mol. The molecule has 1 aromatic heterocycles. The third-order valence-corrected chi connectivity index (χ3v) is 3.25. The first-order valence-corrected chi connectivity index (χ1v) is 6.82. The Morgan fingerprint density at radius 2 is 2.44 bits per heavy atom. The third-order valence-electron chi connectivity index (χ3n) is 3.25. The van der Waals surface area contributed by atoms with Crippen LogP contribution in [-0.2, 0) is 11.3 Å². The van der Waals surface area contributed by atoms with E-state index in [1.165, 1.54) is 19.3 Å². The summed E-state index contributed by atoms with van der Waals surface area (Å²) in [5.41, 5.74) is 0. The second-order valence-corrected chi connectivity index (χ2v) is 4.86. The Balaban J connectivity index is 1.52. The van der Waals surface area contributed by atoms with Crippen molar-refractivity contribution in [3.63, 3.8) is 0 Å². The number of hydrogen-bond acceptors (Lipinski definition) is 4. The summed E-state index contributed by atoms with van der Waals surface area (Å²) in [4.78, 5) is 0. The van der Waals surface area contributed by atoms with Crippen molar-refractivity contribution in [1.82, 2.24) is 15.1 Å². The predicted octanol–water partition coefficient (Wildman–Crippen LogP) is 0.793. The van der Waals surface area contributed by atoms with Gasteiger partial charge in [0.05, 0.1) is 18.8 Å². The van der Waals surface area contributed by atoms with E-state index < -0.39 is 6.10 Å². The Morgan fingerprint density at radius 3 is 3.17 bits per heavy atom. The second-order valence-electron chi connectivity index (χ2n) is 4.86. The van der Waals surface area contributed by atoms with Crippen molar-refractivity contribution in [2.75, 3.05) is 19.7 Å². The highest BCUT2D eigenvalue weighted by Gasteiger charge is 2.13. The van der Waals surface area contributed by atoms with Crippen LogP contribution >= 0.6 is 0 Å². The van der Waals surface area contributed by atoms with Crippen LogP contribution in [0.2, 0.25) is 0 Å². The minimum absolute atomic E-state index is 0.392. The van der Waals surface area contributed by atoms with Crippen LogP contribution in [0.5, 0.6) is 0 Å². The molecular formula is C13H23N3O2. The second kappa shape index (κ2) is 7.51. The molecule has 5 nitrogen and oxygen atoms in total. The topological polar surface area (TPSA) is 59.3 Å². The van der Waals surface area contributed by atoms with Gasteiger partial charge in [0.15, 0.2) is 0 Å². The molecule has 2 heterocycles. The zero-order valence-corrected chi connectivity index (χ0v) is 10.8. The van der Waals surface area contributed by atoms with Gasteiger partial charge in [-0.3, -0.25) is 4.68 Å². The van der Waals surface area contributed by atoms with Crippen LogP contribution in [0.3, 0.4) is 0 Å². The highest BCUT2D eigenvalue weighted by molar-refractivity contribution is 4.78. The van der Waals surface area contributed by atoms with Crippen LogP contribution in [0, 0.1) is 0 Å². The van der Waals surface area contributed by atoms with Crippen LogP contribution in [0.25, 0.3) is 0 Å². The predicted molar refractivity (Wildman–Crippen MR) is 69.3 cm³/mol. The molecule has 0 spiro atoms. The normalized spacial score (nSPS) is 21.9. The van der Waals surface area contributed by atoms with Crippen molar-refractivity contribution in [3.8, 4) is 0 Å². The summed E-state index contributed by atoms with van der Waals surface area (Å²) in [6, 6.07) is 1.86. The largest absolute Gasteiger partial charge is 0.390 e. The van der Waals surface area contributed by atoms with Crippen molar-refractivity contribution in [1.29, 1.82) is 0 Å². The number of hydrogen-bond donors (Lipinski definition) is 2. The lowest BCUT2D eigenvalue weighted by atomic mass is 10.1. The van der Waals surface area contributed by atoms with Crippen molar-refractivity contribution >= 4 is 0 Å². The van der Waals surface area contributed by atoms with E-state index >= 15 is 0 Å². The molecule has 1 aromatic rings. The van der Waals surface area contributed by atoms with E-state index in [1.807, 2.05) is 12.3 Å². The number of nitrogens with zero attached hydrogens (tertiary/aromatic N) is 2. The van der Waals surface area contributed by atoms with E-state index in [1.54, 1.807) is 10.9 Å². The molecule has 0 aromatic carbocycles. The quantitative estimate of drug-likeness (QED) is 0.705. The molecule has 2 rings (SSSR count). The molecular weight excluding hydrogens is 230 g/mol. The zero-order chi connectivity index (χ0) is 12.6. The minimum Gasteiger partial charge on any atom is -0.390 e. The number of aromatic nitrogens is 2. The van der Waals surface area contributed by atoms with Crippen LogP contribution in [-0.4, -0.2) is 46.8 Å². The van der Waals surface area contributed by atoms with E-state index in [9.17, 15) is 5.11 Å². The van der Waals surface area contributed by atoms with Crippen LogP contribution in [0.1, 0.15) is 25.7 Å². The summed E-state index contributed by atoms with van der Waals surface area (Å²) < 4.78 is 7.40. The zero-order valence-electron chi connectivity index (χ0n) is 10.8. The molecule has 5 heteroatoms. The molecule has 1 aliphatic rings. The highest BCUT2D eigenvalue weighted by Crippen LogP contribution is 2.14. The Hall–Kier alpha value is -0.910. The Bertz CT molecular complexity index is 310. The van der Waals surface area contributed by atoms with E-state index in [2.05, 4.69) is 10.4 Å². The van der Waals surface area contributed by atoms with Gasteiger partial charge in [-0.25, -0.2) is 0 Å². The van der Waals surface area contributed by atoms with Crippen LogP contribution in [0.4, 0.5) is 0 Å². The molecule has 2 N–H and O–H groups in total. The van der Waals surface area contributed by atoms with Crippen molar-refractivity contribution in [2.45, 2.75) is 44.4 Å². The summed E-state index contributed by atoms with van der Waals surface area (Å²) in [5, 5.41) is 17.1. The Labute approximate surface area is 108 Å². The average Bonchev–Trinajstić information content (AvgIpc) is 2.89. The Kier molecular flexibility index (Phi) is 5.64. The maximum atomic E-state index is 9.80. The SMILES string of the molecule is OC(CNCCC1CCCCO1)Cn1cccn1. The van der Waals surface area contributed by atoms with Crippen LogP contribution in [0.15, 0.2) is 18.5 Å². The number of ether oxygens (including phenoxy) is 1. The molecule has 0 saturated carbocycles. The lowest BCUT2D eigenvalue weighted by molar-refractivity contribution is 0.0110. The number of aliphatic hydroxyl groups is 1. The number of rotatable bonds is 7. The fraction of sp³-hybridized carbons (Fsp3) is 0.769. The number of nitrogens with one attached hydrogen (secondary N) is 1. The molecule has 0 aliphatic carbocycles. The van der Waals surface area contributed by atoms with Gasteiger partial charge >= 0.3 is 0 Å². The molecule has 1 aliphatic heterocycles. The maximum Gasteiger partial charge on any atom is 0.0860 e. The van der Waals surface area contributed by atoms with Crippen molar-refractivity contribution < 1.29 is 9.84 Å². The molecule has 102 valence electrons. The van der Waals surface area contributed by atoms with E-state index in [-0.39, 0.29) is 0 Å². The van der Waals surface area contributed by atoms with Gasteiger partial charge in [-0.1, -0.05) is 0 Å². The van der Waals surface area contributed by atoms with Crippen molar-refractivity contribution in [3.05, 3.63) is 18.5 Å². The van der Waals surface area contributed by atoms with Gasteiger partial charge in [-0.2, -0.15) is 5.10 Å². The fourth-order valence-electron chi connectivity index (χ4n) is 2.26. The molecule has 2 atom stereocenters. The third kappa shape index (κ3) is 4.76. The van der Waals surface area contributed by atoms with E-state index in [0.29, 0.717) is 19.2 Å². The minimum atomic E-state index is -0.392. The van der Waals surface area contributed by atoms with Gasteiger partial charge in [0.25, 0.3) is 0 Å². The van der Waals surface area contributed by atoms with E-state index in [0.717, 1.165) is 19.6 Å². The first-order chi connectivity index (χ1) is 8.84. The van der Waals surface area contributed by atoms with Gasteiger partial charge in [0.1, 0.15) is 0 Å². The van der Waals surface area contributed by atoms with E-state index in [4.69, 9.17) is 4.74 Å². The summed E-state index contributed by atoms with van der Waals surface area (Å²) in [6.07, 6.45) is 8.30. The lowest BCUT2D eigenvalue weighted by Crippen LogP contribution is -2.33. The standard InChI is InChI=1S/C13H23N3O2/c17-12(11-16-8-3-6-15-16)10-14-7-5-13-4-1-2-9-18-13/h3,6,8,12-14,17H,1-2,4-5,7,9-11H2. The summed E-state index contributed by atoms with van der Waals surface area (Å²) in [7, 11) is 0. The molecule has 2 unspecified atom stereocenters. The first-order valence-electron chi connectivity index (χ1n) is 6.82. The van der Waals surface area contributed by atoms with Gasteiger partial charge < -0.3 is 15.2 Å². The maximum absolute atomic E-state index is 9.80. The Morgan fingerprint density at radius 1 is 1.50 bits per heavy atom. The van der Waals surface area contributed by atoms with Gasteiger partial charge in [-0.15, -0.1) is 0 Å². The van der Waals surface area contributed by atoms with Gasteiger partial charge in [-0.05, 0) is 38.3 Å². The average molecular weight is 253 g/mol. The first kappa shape index (κ1) is 13.5. The summed E-state index contributed by atoms with van der Waals surface area (Å²) in [5.74, 6) is 0. The molecule has 1 saturated heterocycles. The molecule has 0 radical (unpaired) electrons.